The van der Waals surface area contributed by atoms with Crippen molar-refractivity contribution in [2.45, 2.75) is 26.7 Å². The van der Waals surface area contributed by atoms with E-state index in [1.807, 2.05) is 0 Å². The van der Waals surface area contributed by atoms with Crippen LogP contribution in [-0.2, 0) is 4.74 Å². The van der Waals surface area contributed by atoms with Crippen LogP contribution >= 0.6 is 11.6 Å². The summed E-state index contributed by atoms with van der Waals surface area (Å²) in [5.41, 5.74) is 0.373. The summed E-state index contributed by atoms with van der Waals surface area (Å²) in [5, 5.41) is 0.546. The van der Waals surface area contributed by atoms with Gasteiger partial charge in [-0.25, -0.2) is 9.59 Å². The Labute approximate surface area is 152 Å². The van der Waals surface area contributed by atoms with E-state index in [0.717, 1.165) is 12.8 Å². The molecule has 0 saturated carbocycles. The summed E-state index contributed by atoms with van der Waals surface area (Å²) in [5.74, 6) is -0.223. The highest BCUT2D eigenvalue weighted by molar-refractivity contribution is 6.30. The number of halogens is 1. The molecule has 2 rings (SSSR count). The Hall–Kier alpha value is -2.33. The molecule has 0 radical (unpaired) electrons. The number of hydrogen-bond acceptors (Lipinski definition) is 4. The van der Waals surface area contributed by atoms with Gasteiger partial charge in [-0.1, -0.05) is 37.6 Å². The molecule has 0 amide bonds. The van der Waals surface area contributed by atoms with E-state index < -0.39 is 11.9 Å². The second kappa shape index (κ2) is 9.23. The smallest absolute Gasteiger partial charge is 0.344 e. The molecule has 0 bridgehead atoms. The van der Waals surface area contributed by atoms with Crippen LogP contribution in [0.4, 0.5) is 0 Å². The molecule has 0 fully saturated rings. The lowest BCUT2D eigenvalue weighted by molar-refractivity contribution is 0.0486. The van der Waals surface area contributed by atoms with Gasteiger partial charge in [-0.15, -0.1) is 0 Å². The van der Waals surface area contributed by atoms with E-state index in [4.69, 9.17) is 21.1 Å². The van der Waals surface area contributed by atoms with Crippen LogP contribution in [0.15, 0.2) is 48.5 Å². The van der Waals surface area contributed by atoms with E-state index in [2.05, 4.69) is 13.8 Å². The lowest BCUT2D eigenvalue weighted by Gasteiger charge is -2.10. The third-order valence-corrected chi connectivity index (χ3v) is 3.80. The van der Waals surface area contributed by atoms with E-state index in [-0.39, 0.29) is 11.1 Å². The van der Waals surface area contributed by atoms with Crippen LogP contribution in [0, 0.1) is 5.92 Å². The van der Waals surface area contributed by atoms with Crippen molar-refractivity contribution >= 4 is 23.5 Å². The molecule has 0 aliphatic heterocycles. The van der Waals surface area contributed by atoms with E-state index in [9.17, 15) is 9.59 Å². The summed E-state index contributed by atoms with van der Waals surface area (Å²) >= 11 is 5.81. The fourth-order valence-corrected chi connectivity index (χ4v) is 2.36. The molecule has 0 atom stereocenters. The molecule has 4 nitrogen and oxygen atoms in total. The van der Waals surface area contributed by atoms with Crippen molar-refractivity contribution in [3.05, 3.63) is 64.7 Å². The number of esters is 2. The highest BCUT2D eigenvalue weighted by atomic mass is 35.5. The average Bonchev–Trinajstić information content (AvgIpc) is 2.60. The molecule has 0 heterocycles. The van der Waals surface area contributed by atoms with Crippen LogP contribution in [0.2, 0.25) is 5.02 Å². The minimum Gasteiger partial charge on any atom is -0.462 e. The number of ether oxygens (including phenoxy) is 2. The Kier molecular flexibility index (Phi) is 7.02. The first-order valence-electron chi connectivity index (χ1n) is 8.21. The molecule has 5 heteroatoms. The summed E-state index contributed by atoms with van der Waals surface area (Å²) in [4.78, 5) is 24.6. The Morgan fingerprint density at radius 1 is 0.960 bits per heavy atom. The molecule has 2 aromatic carbocycles. The molecule has 0 unspecified atom stereocenters. The van der Waals surface area contributed by atoms with Crippen LogP contribution < -0.4 is 4.74 Å². The van der Waals surface area contributed by atoms with Crippen LogP contribution in [-0.4, -0.2) is 18.5 Å². The first kappa shape index (κ1) is 19.0. The fraction of sp³-hybridized carbons (Fsp3) is 0.300. The first-order chi connectivity index (χ1) is 12.0. The lowest BCUT2D eigenvalue weighted by Crippen LogP contribution is -2.16. The van der Waals surface area contributed by atoms with Gasteiger partial charge in [0.1, 0.15) is 5.75 Å². The second-order valence-electron chi connectivity index (χ2n) is 6.06. The predicted octanol–water partition coefficient (Wildman–Crippen LogP) is 5.15. The van der Waals surface area contributed by atoms with Crippen LogP contribution in [0.5, 0.6) is 5.75 Å². The van der Waals surface area contributed by atoms with Crippen LogP contribution in [0.25, 0.3) is 0 Å². The summed E-state index contributed by atoms with van der Waals surface area (Å²) in [6, 6.07) is 12.9. The van der Waals surface area contributed by atoms with Gasteiger partial charge in [0.15, 0.2) is 0 Å². The molecule has 2 aromatic rings. The van der Waals surface area contributed by atoms with Crippen molar-refractivity contribution < 1.29 is 19.1 Å². The third-order valence-electron chi connectivity index (χ3n) is 3.55. The maximum atomic E-state index is 12.4. The Balaban J connectivity index is 2.04. The zero-order valence-electron chi connectivity index (χ0n) is 14.3. The maximum absolute atomic E-state index is 12.4. The molecule has 0 saturated heterocycles. The standard InChI is InChI=1S/C20H21ClO4/c1-14(2)6-5-13-24-19(22)17-7-3-4-8-18(17)20(23)25-16-11-9-15(21)10-12-16/h3-4,7-12,14H,5-6,13H2,1-2H3. The van der Waals surface area contributed by atoms with Crippen molar-refractivity contribution in [1.29, 1.82) is 0 Å². The van der Waals surface area contributed by atoms with Crippen LogP contribution in [0.3, 0.4) is 0 Å². The summed E-state index contributed by atoms with van der Waals surface area (Å²) in [6.07, 6.45) is 1.77. The highest BCUT2D eigenvalue weighted by Crippen LogP contribution is 2.19. The van der Waals surface area contributed by atoms with Crippen molar-refractivity contribution in [3.63, 3.8) is 0 Å². The fourth-order valence-electron chi connectivity index (χ4n) is 2.24. The molecule has 0 aliphatic carbocycles. The molecule has 0 N–H and O–H groups in total. The lowest BCUT2D eigenvalue weighted by atomic mass is 10.1. The molecule has 0 aromatic heterocycles. The van der Waals surface area contributed by atoms with Crippen molar-refractivity contribution in [1.82, 2.24) is 0 Å². The maximum Gasteiger partial charge on any atom is 0.344 e. The average molecular weight is 361 g/mol. The number of benzene rings is 2. The van der Waals surface area contributed by atoms with E-state index >= 15 is 0 Å². The van der Waals surface area contributed by atoms with Gasteiger partial charge in [0, 0.05) is 5.02 Å². The number of carbonyl (C=O) groups excluding carboxylic acids is 2. The van der Waals surface area contributed by atoms with Crippen molar-refractivity contribution in [3.8, 4) is 5.75 Å². The van der Waals surface area contributed by atoms with Gasteiger partial charge < -0.3 is 9.47 Å². The zero-order chi connectivity index (χ0) is 18.2. The Morgan fingerprint density at radius 2 is 1.56 bits per heavy atom. The highest BCUT2D eigenvalue weighted by Gasteiger charge is 2.19. The van der Waals surface area contributed by atoms with Gasteiger partial charge in [-0.3, -0.25) is 0 Å². The van der Waals surface area contributed by atoms with Gasteiger partial charge in [-0.2, -0.15) is 0 Å². The molecule has 132 valence electrons. The molecule has 25 heavy (non-hydrogen) atoms. The molecular weight excluding hydrogens is 340 g/mol. The quantitative estimate of drug-likeness (QED) is 0.389. The van der Waals surface area contributed by atoms with E-state index in [0.29, 0.717) is 23.3 Å². The summed E-state index contributed by atoms with van der Waals surface area (Å²) in [7, 11) is 0. The van der Waals surface area contributed by atoms with Gasteiger partial charge in [-0.05, 0) is 55.2 Å². The molecular formula is C20H21ClO4. The number of rotatable bonds is 7. The minimum absolute atomic E-state index is 0.173. The number of carbonyl (C=O) groups is 2. The van der Waals surface area contributed by atoms with Crippen molar-refractivity contribution in [2.75, 3.05) is 6.61 Å². The summed E-state index contributed by atoms with van der Waals surface area (Å²) in [6.45, 7) is 4.56. The second-order valence-corrected chi connectivity index (χ2v) is 6.50. The van der Waals surface area contributed by atoms with Gasteiger partial charge in [0.2, 0.25) is 0 Å². The van der Waals surface area contributed by atoms with Gasteiger partial charge >= 0.3 is 11.9 Å². The predicted molar refractivity (Wildman–Crippen MR) is 97.2 cm³/mol. The minimum atomic E-state index is -0.614. The Morgan fingerprint density at radius 3 is 2.16 bits per heavy atom. The monoisotopic (exact) mass is 360 g/mol. The van der Waals surface area contributed by atoms with Crippen LogP contribution in [0.1, 0.15) is 47.4 Å². The summed E-state index contributed by atoms with van der Waals surface area (Å²) < 4.78 is 10.6. The normalized spacial score (nSPS) is 10.6. The van der Waals surface area contributed by atoms with Crippen molar-refractivity contribution in [2.24, 2.45) is 5.92 Å². The topological polar surface area (TPSA) is 52.6 Å². The molecule has 0 spiro atoms. The first-order valence-corrected chi connectivity index (χ1v) is 8.59. The van der Waals surface area contributed by atoms with Gasteiger partial charge in [0.25, 0.3) is 0 Å². The third kappa shape index (κ3) is 5.91. The largest absolute Gasteiger partial charge is 0.462 e. The zero-order valence-corrected chi connectivity index (χ0v) is 15.1. The number of hydrogen-bond donors (Lipinski definition) is 0. The molecule has 0 aliphatic rings. The SMILES string of the molecule is CC(C)CCCOC(=O)c1ccccc1C(=O)Oc1ccc(Cl)cc1. The van der Waals surface area contributed by atoms with E-state index in [1.54, 1.807) is 48.5 Å². The van der Waals surface area contributed by atoms with Gasteiger partial charge in [0.05, 0.1) is 17.7 Å². The Bertz CT molecular complexity index is 723. The van der Waals surface area contributed by atoms with E-state index in [1.165, 1.54) is 0 Å².